The van der Waals surface area contributed by atoms with Crippen LogP contribution in [-0.4, -0.2) is 32.8 Å². The normalized spacial score (nSPS) is 21.2. The van der Waals surface area contributed by atoms with E-state index in [0.29, 0.717) is 0 Å². The minimum Gasteiger partial charge on any atom is -0.369 e. The molecule has 1 aromatic carbocycles. The quantitative estimate of drug-likeness (QED) is 0.866. The monoisotopic (exact) mass is 316 g/mol. The minimum absolute atomic E-state index is 0.0718. The van der Waals surface area contributed by atoms with Crippen LogP contribution in [0.1, 0.15) is 32.3 Å². The van der Waals surface area contributed by atoms with Gasteiger partial charge in [0.2, 0.25) is 0 Å². The summed E-state index contributed by atoms with van der Waals surface area (Å²) in [5, 5.41) is 1.20. The first-order valence-electron chi connectivity index (χ1n) is 8.09. The predicted molar refractivity (Wildman–Crippen MR) is 95.0 cm³/mol. The van der Waals surface area contributed by atoms with E-state index in [1.807, 2.05) is 6.20 Å². The lowest BCUT2D eigenvalue weighted by Gasteiger charge is -2.42. The van der Waals surface area contributed by atoms with E-state index < -0.39 is 10.8 Å². The van der Waals surface area contributed by atoms with Gasteiger partial charge in [0.1, 0.15) is 0 Å². The van der Waals surface area contributed by atoms with Crippen molar-refractivity contribution in [1.82, 2.24) is 4.98 Å². The highest BCUT2D eigenvalue weighted by Gasteiger charge is 2.39. The molecule has 22 heavy (non-hydrogen) atoms. The van der Waals surface area contributed by atoms with Gasteiger partial charge in [-0.1, -0.05) is 32.0 Å². The Labute approximate surface area is 135 Å². The number of rotatable bonds is 3. The number of pyridine rings is 1. The third kappa shape index (κ3) is 2.43. The summed E-state index contributed by atoms with van der Waals surface area (Å²) in [5.41, 5.74) is 3.51. The first-order valence-corrected chi connectivity index (χ1v) is 9.41. The number of aromatic nitrogens is 1. The van der Waals surface area contributed by atoms with Crippen molar-refractivity contribution >= 4 is 27.4 Å². The molecule has 1 aliphatic rings. The van der Waals surface area contributed by atoms with Crippen molar-refractivity contribution in [2.75, 3.05) is 23.7 Å². The molecular formula is C18H24N2OS. The zero-order valence-corrected chi connectivity index (χ0v) is 14.4. The summed E-state index contributed by atoms with van der Waals surface area (Å²) in [4.78, 5) is 6.96. The maximum absolute atomic E-state index is 12.5. The number of benzene rings is 1. The average Bonchev–Trinajstić information content (AvgIpc) is 2.56. The van der Waals surface area contributed by atoms with Crippen LogP contribution in [0.15, 0.2) is 30.5 Å². The largest absolute Gasteiger partial charge is 0.369 e. The smallest absolute Gasteiger partial charge is 0.0751 e. The molecule has 0 N–H and O–H groups in total. The summed E-state index contributed by atoms with van der Waals surface area (Å²) in [5.74, 6) is 0.761. The summed E-state index contributed by atoms with van der Waals surface area (Å²) in [6.07, 6.45) is 3.83. The van der Waals surface area contributed by atoms with E-state index in [1.165, 1.54) is 16.6 Å². The molecule has 1 saturated heterocycles. The van der Waals surface area contributed by atoms with Crippen molar-refractivity contribution in [3.05, 3.63) is 36.0 Å². The molecule has 118 valence electrons. The SMILES string of the molecule is CCC1(CC)CN(c2ccnc3c(C)cccc23)CCS1=O. The maximum Gasteiger partial charge on any atom is 0.0751 e. The van der Waals surface area contributed by atoms with Crippen LogP contribution >= 0.6 is 0 Å². The average molecular weight is 316 g/mol. The van der Waals surface area contributed by atoms with Gasteiger partial charge in [-0.05, 0) is 31.4 Å². The molecular weight excluding hydrogens is 292 g/mol. The fourth-order valence-electron chi connectivity index (χ4n) is 3.49. The molecule has 0 amide bonds. The van der Waals surface area contributed by atoms with Gasteiger partial charge < -0.3 is 4.90 Å². The van der Waals surface area contributed by atoms with Gasteiger partial charge >= 0.3 is 0 Å². The Hall–Kier alpha value is -1.42. The van der Waals surface area contributed by atoms with Crippen LogP contribution in [0.3, 0.4) is 0 Å². The van der Waals surface area contributed by atoms with Crippen molar-refractivity contribution in [3.8, 4) is 0 Å². The number of anilines is 1. The zero-order chi connectivity index (χ0) is 15.7. The molecule has 2 heterocycles. The van der Waals surface area contributed by atoms with Crippen LogP contribution in [0.25, 0.3) is 10.9 Å². The summed E-state index contributed by atoms with van der Waals surface area (Å²) in [6.45, 7) is 8.17. The number of fused-ring (bicyclic) bond motifs is 1. The lowest BCUT2D eigenvalue weighted by molar-refractivity contribution is 0.496. The van der Waals surface area contributed by atoms with Crippen molar-refractivity contribution < 1.29 is 4.21 Å². The molecule has 0 spiro atoms. The van der Waals surface area contributed by atoms with E-state index in [0.717, 1.165) is 37.2 Å². The first-order chi connectivity index (χ1) is 10.6. The topological polar surface area (TPSA) is 33.2 Å². The third-order valence-electron chi connectivity index (χ3n) is 5.09. The van der Waals surface area contributed by atoms with E-state index in [9.17, 15) is 4.21 Å². The summed E-state index contributed by atoms with van der Waals surface area (Å²) in [6, 6.07) is 8.45. The lowest BCUT2D eigenvalue weighted by atomic mass is 10.00. The molecule has 2 aromatic rings. The van der Waals surface area contributed by atoms with Gasteiger partial charge in [0.15, 0.2) is 0 Å². The van der Waals surface area contributed by atoms with E-state index >= 15 is 0 Å². The van der Waals surface area contributed by atoms with E-state index in [4.69, 9.17) is 0 Å². The maximum atomic E-state index is 12.5. The van der Waals surface area contributed by atoms with Gasteiger partial charge in [-0.15, -0.1) is 0 Å². The number of para-hydroxylation sites is 1. The summed E-state index contributed by atoms with van der Waals surface area (Å²) in [7, 11) is -0.727. The molecule has 3 nitrogen and oxygen atoms in total. The minimum atomic E-state index is -0.727. The molecule has 3 rings (SSSR count). The van der Waals surface area contributed by atoms with Crippen molar-refractivity contribution in [1.29, 1.82) is 0 Å². The Kier molecular flexibility index (Phi) is 4.22. The molecule has 0 radical (unpaired) electrons. The van der Waals surface area contributed by atoms with Crippen molar-refractivity contribution in [2.45, 2.75) is 38.4 Å². The lowest BCUT2D eigenvalue weighted by Crippen LogP contribution is -2.53. The van der Waals surface area contributed by atoms with E-state index in [-0.39, 0.29) is 4.75 Å². The number of hydrogen-bond donors (Lipinski definition) is 0. The van der Waals surface area contributed by atoms with Crippen LogP contribution < -0.4 is 4.90 Å². The Morgan fingerprint density at radius 2 is 2.05 bits per heavy atom. The van der Waals surface area contributed by atoms with Crippen LogP contribution in [0, 0.1) is 6.92 Å². The standard InChI is InChI=1S/C18H24N2OS/c1-4-18(5-2)13-20(11-12-22(18)21)16-9-10-19-17-14(3)7-6-8-15(16)17/h6-10H,4-5,11-13H2,1-3H3. The second-order valence-electron chi connectivity index (χ2n) is 6.16. The predicted octanol–water partition coefficient (Wildman–Crippen LogP) is 3.67. The van der Waals surface area contributed by atoms with Gasteiger partial charge in [-0.3, -0.25) is 9.19 Å². The van der Waals surface area contributed by atoms with Crippen molar-refractivity contribution in [2.24, 2.45) is 0 Å². The highest BCUT2D eigenvalue weighted by atomic mass is 32.2. The van der Waals surface area contributed by atoms with Crippen LogP contribution in [0.2, 0.25) is 0 Å². The van der Waals surface area contributed by atoms with Crippen LogP contribution in [0.4, 0.5) is 5.69 Å². The molecule has 1 atom stereocenters. The van der Waals surface area contributed by atoms with Gasteiger partial charge in [0, 0.05) is 46.9 Å². The molecule has 1 aliphatic heterocycles. The fraction of sp³-hybridized carbons (Fsp3) is 0.500. The number of hydrogen-bond acceptors (Lipinski definition) is 3. The third-order valence-corrected chi connectivity index (χ3v) is 7.31. The molecule has 0 bridgehead atoms. The summed E-state index contributed by atoms with van der Waals surface area (Å²) < 4.78 is 12.5. The van der Waals surface area contributed by atoms with E-state index in [2.05, 4.69) is 54.9 Å². The van der Waals surface area contributed by atoms with Gasteiger partial charge in [-0.2, -0.15) is 0 Å². The van der Waals surface area contributed by atoms with Crippen molar-refractivity contribution in [3.63, 3.8) is 0 Å². The Morgan fingerprint density at radius 1 is 1.27 bits per heavy atom. The second kappa shape index (κ2) is 5.99. The highest BCUT2D eigenvalue weighted by Crippen LogP contribution is 2.34. The Bertz CT molecular complexity index is 709. The Morgan fingerprint density at radius 3 is 2.77 bits per heavy atom. The number of aryl methyl sites for hydroxylation is 1. The molecule has 1 fully saturated rings. The summed E-state index contributed by atoms with van der Waals surface area (Å²) >= 11 is 0. The fourth-order valence-corrected chi connectivity index (χ4v) is 5.26. The molecule has 1 aromatic heterocycles. The highest BCUT2D eigenvalue weighted by molar-refractivity contribution is 7.86. The molecule has 0 aliphatic carbocycles. The number of nitrogens with zero attached hydrogens (tertiary/aromatic N) is 2. The molecule has 0 saturated carbocycles. The van der Waals surface area contributed by atoms with Gasteiger partial charge in [-0.25, -0.2) is 0 Å². The van der Waals surface area contributed by atoms with Gasteiger partial charge in [0.05, 0.1) is 10.3 Å². The second-order valence-corrected chi connectivity index (χ2v) is 8.13. The Balaban J connectivity index is 2.05. The molecule has 1 unspecified atom stereocenters. The van der Waals surface area contributed by atoms with Gasteiger partial charge in [0.25, 0.3) is 0 Å². The van der Waals surface area contributed by atoms with Crippen LogP contribution in [0.5, 0.6) is 0 Å². The molecule has 4 heteroatoms. The van der Waals surface area contributed by atoms with E-state index in [1.54, 1.807) is 0 Å². The first kappa shape index (κ1) is 15.5. The van der Waals surface area contributed by atoms with Crippen LogP contribution in [-0.2, 0) is 10.8 Å². The zero-order valence-electron chi connectivity index (χ0n) is 13.6.